The first-order chi connectivity index (χ1) is 10.2. The summed E-state index contributed by atoms with van der Waals surface area (Å²) in [7, 11) is 0. The Hall–Kier alpha value is -2.71. The fraction of sp³-hybridized carbons (Fsp3) is 0.125. The maximum absolute atomic E-state index is 12.7. The molecule has 0 saturated carbocycles. The fourth-order valence-electron chi connectivity index (χ4n) is 1.60. The molecule has 1 aromatic heterocycles. The van der Waals surface area contributed by atoms with Crippen LogP contribution in [0.15, 0.2) is 42.6 Å². The molecular formula is C16H13FN2O2. The maximum atomic E-state index is 12.7. The van der Waals surface area contributed by atoms with Crippen LogP contribution >= 0.6 is 0 Å². The number of aliphatic hydroxyl groups excluding tert-OH is 1. The van der Waals surface area contributed by atoms with E-state index in [0.29, 0.717) is 17.5 Å². The number of hydrogen-bond donors (Lipinski definition) is 2. The standard InChI is InChI=1S/C16H13FN2O2/c17-14-7-8-15(18-11-14)19-16(21)13-6-3-5-12(10-13)4-1-2-9-20/h3,5-8,10-11,20H,2,9H2,(H,18,19,21). The highest BCUT2D eigenvalue weighted by Crippen LogP contribution is 2.09. The Morgan fingerprint density at radius 1 is 1.33 bits per heavy atom. The molecule has 1 heterocycles. The highest BCUT2D eigenvalue weighted by molar-refractivity contribution is 6.03. The molecule has 0 bridgehead atoms. The molecule has 5 heteroatoms. The van der Waals surface area contributed by atoms with E-state index in [2.05, 4.69) is 22.1 Å². The third-order valence-corrected chi connectivity index (χ3v) is 2.56. The molecule has 106 valence electrons. The van der Waals surface area contributed by atoms with Crippen LogP contribution in [0.1, 0.15) is 22.3 Å². The summed E-state index contributed by atoms with van der Waals surface area (Å²) in [5.74, 6) is 5.11. The van der Waals surface area contributed by atoms with Gasteiger partial charge in [-0.2, -0.15) is 0 Å². The number of rotatable bonds is 3. The van der Waals surface area contributed by atoms with Crippen molar-refractivity contribution in [3.05, 3.63) is 59.5 Å². The summed E-state index contributed by atoms with van der Waals surface area (Å²) in [6.07, 6.45) is 1.42. The first kappa shape index (κ1) is 14.7. The summed E-state index contributed by atoms with van der Waals surface area (Å²) in [5, 5.41) is 11.2. The van der Waals surface area contributed by atoms with Gasteiger partial charge in [0.05, 0.1) is 12.8 Å². The number of aromatic nitrogens is 1. The van der Waals surface area contributed by atoms with Crippen molar-refractivity contribution in [2.24, 2.45) is 0 Å². The van der Waals surface area contributed by atoms with Crippen molar-refractivity contribution >= 4 is 11.7 Å². The second-order valence-electron chi connectivity index (χ2n) is 4.17. The van der Waals surface area contributed by atoms with Crippen molar-refractivity contribution in [3.8, 4) is 11.8 Å². The van der Waals surface area contributed by atoms with E-state index in [1.807, 2.05) is 0 Å². The molecule has 2 rings (SSSR count). The van der Waals surface area contributed by atoms with Gasteiger partial charge in [0, 0.05) is 17.5 Å². The Morgan fingerprint density at radius 2 is 2.19 bits per heavy atom. The van der Waals surface area contributed by atoms with Gasteiger partial charge in [-0.15, -0.1) is 0 Å². The van der Waals surface area contributed by atoms with Gasteiger partial charge in [0.1, 0.15) is 11.6 Å². The predicted molar refractivity (Wildman–Crippen MR) is 77.2 cm³/mol. The molecule has 0 spiro atoms. The lowest BCUT2D eigenvalue weighted by molar-refractivity contribution is 0.102. The summed E-state index contributed by atoms with van der Waals surface area (Å²) >= 11 is 0. The van der Waals surface area contributed by atoms with Gasteiger partial charge in [0.15, 0.2) is 0 Å². The molecule has 0 aliphatic rings. The largest absolute Gasteiger partial charge is 0.395 e. The van der Waals surface area contributed by atoms with Crippen molar-refractivity contribution in [2.45, 2.75) is 6.42 Å². The monoisotopic (exact) mass is 284 g/mol. The molecule has 0 aliphatic heterocycles. The number of halogens is 1. The Balaban J connectivity index is 2.11. The van der Waals surface area contributed by atoms with Gasteiger partial charge in [-0.3, -0.25) is 4.79 Å². The normalized spacial score (nSPS) is 9.62. The molecule has 1 aromatic carbocycles. The number of benzene rings is 1. The van der Waals surface area contributed by atoms with Gasteiger partial charge in [-0.25, -0.2) is 9.37 Å². The number of pyridine rings is 1. The van der Waals surface area contributed by atoms with Crippen LogP contribution in [-0.4, -0.2) is 22.6 Å². The van der Waals surface area contributed by atoms with Crippen LogP contribution in [0.2, 0.25) is 0 Å². The van der Waals surface area contributed by atoms with E-state index in [1.54, 1.807) is 24.3 Å². The zero-order valence-corrected chi connectivity index (χ0v) is 11.1. The number of amides is 1. The summed E-state index contributed by atoms with van der Waals surface area (Å²) in [6, 6.07) is 9.39. The van der Waals surface area contributed by atoms with Crippen LogP contribution in [0.5, 0.6) is 0 Å². The summed E-state index contributed by atoms with van der Waals surface area (Å²) in [4.78, 5) is 15.8. The Bertz CT molecular complexity index is 687. The number of anilines is 1. The number of hydrogen-bond acceptors (Lipinski definition) is 3. The number of aliphatic hydroxyl groups is 1. The summed E-state index contributed by atoms with van der Waals surface area (Å²) in [6.45, 7) is 0.00339. The van der Waals surface area contributed by atoms with Gasteiger partial charge in [0.25, 0.3) is 5.91 Å². The molecule has 21 heavy (non-hydrogen) atoms. The van der Waals surface area contributed by atoms with Crippen molar-refractivity contribution in [2.75, 3.05) is 11.9 Å². The highest BCUT2D eigenvalue weighted by atomic mass is 19.1. The van der Waals surface area contributed by atoms with Gasteiger partial charge in [-0.1, -0.05) is 17.9 Å². The average Bonchev–Trinajstić information content (AvgIpc) is 2.50. The minimum absolute atomic E-state index is 0.00339. The van der Waals surface area contributed by atoms with E-state index < -0.39 is 5.82 Å². The van der Waals surface area contributed by atoms with Gasteiger partial charge >= 0.3 is 0 Å². The molecule has 0 atom stereocenters. The minimum atomic E-state index is -0.464. The third-order valence-electron chi connectivity index (χ3n) is 2.56. The lowest BCUT2D eigenvalue weighted by Crippen LogP contribution is -2.13. The molecule has 0 saturated heterocycles. The lowest BCUT2D eigenvalue weighted by Gasteiger charge is -2.04. The number of carbonyl (C=O) groups excluding carboxylic acids is 1. The molecule has 0 unspecified atom stereocenters. The molecule has 2 aromatic rings. The minimum Gasteiger partial charge on any atom is -0.395 e. The predicted octanol–water partition coefficient (Wildman–Crippen LogP) is 2.21. The quantitative estimate of drug-likeness (QED) is 0.849. The van der Waals surface area contributed by atoms with Crippen LogP contribution in [0, 0.1) is 17.7 Å². The van der Waals surface area contributed by atoms with Crippen LogP contribution in [0.3, 0.4) is 0 Å². The maximum Gasteiger partial charge on any atom is 0.256 e. The molecule has 4 nitrogen and oxygen atoms in total. The zero-order chi connectivity index (χ0) is 15.1. The Kier molecular flexibility index (Phi) is 5.02. The second-order valence-corrected chi connectivity index (χ2v) is 4.17. The third kappa shape index (κ3) is 4.41. The van der Waals surface area contributed by atoms with Crippen LogP contribution < -0.4 is 5.32 Å². The number of nitrogens with zero attached hydrogens (tertiary/aromatic N) is 1. The van der Waals surface area contributed by atoms with E-state index in [-0.39, 0.29) is 18.3 Å². The highest BCUT2D eigenvalue weighted by Gasteiger charge is 2.07. The van der Waals surface area contributed by atoms with Crippen molar-refractivity contribution in [3.63, 3.8) is 0 Å². The SMILES string of the molecule is O=C(Nc1ccc(F)cn1)c1cccc(C#CCCO)c1. The molecule has 0 fully saturated rings. The van der Waals surface area contributed by atoms with Gasteiger partial charge < -0.3 is 10.4 Å². The van der Waals surface area contributed by atoms with Crippen LogP contribution in [0.25, 0.3) is 0 Å². The Labute approximate surface area is 121 Å². The number of nitrogens with one attached hydrogen (secondary N) is 1. The topological polar surface area (TPSA) is 62.2 Å². The molecular weight excluding hydrogens is 271 g/mol. The van der Waals surface area contributed by atoms with E-state index in [0.717, 1.165) is 6.20 Å². The summed E-state index contributed by atoms with van der Waals surface area (Å²) in [5.41, 5.74) is 1.11. The van der Waals surface area contributed by atoms with Crippen molar-refractivity contribution in [1.82, 2.24) is 4.98 Å². The Morgan fingerprint density at radius 3 is 2.90 bits per heavy atom. The molecule has 0 aliphatic carbocycles. The first-order valence-electron chi connectivity index (χ1n) is 6.32. The van der Waals surface area contributed by atoms with Crippen LogP contribution in [-0.2, 0) is 0 Å². The fourth-order valence-corrected chi connectivity index (χ4v) is 1.60. The van der Waals surface area contributed by atoms with Crippen molar-refractivity contribution in [1.29, 1.82) is 0 Å². The lowest BCUT2D eigenvalue weighted by atomic mass is 10.1. The van der Waals surface area contributed by atoms with Crippen molar-refractivity contribution < 1.29 is 14.3 Å². The van der Waals surface area contributed by atoms with E-state index in [9.17, 15) is 9.18 Å². The zero-order valence-electron chi connectivity index (χ0n) is 11.1. The first-order valence-corrected chi connectivity index (χ1v) is 6.32. The van der Waals surface area contributed by atoms with E-state index in [1.165, 1.54) is 12.1 Å². The van der Waals surface area contributed by atoms with Gasteiger partial charge in [0.2, 0.25) is 0 Å². The van der Waals surface area contributed by atoms with E-state index >= 15 is 0 Å². The summed E-state index contributed by atoms with van der Waals surface area (Å²) < 4.78 is 12.7. The molecule has 2 N–H and O–H groups in total. The smallest absolute Gasteiger partial charge is 0.256 e. The van der Waals surface area contributed by atoms with E-state index in [4.69, 9.17) is 5.11 Å². The number of carbonyl (C=O) groups is 1. The van der Waals surface area contributed by atoms with Crippen LogP contribution in [0.4, 0.5) is 10.2 Å². The second kappa shape index (κ2) is 7.17. The molecule has 1 amide bonds. The molecule has 0 radical (unpaired) electrons. The van der Waals surface area contributed by atoms with Gasteiger partial charge in [-0.05, 0) is 30.3 Å². The average molecular weight is 284 g/mol.